The highest BCUT2D eigenvalue weighted by atomic mass is 32.2. The van der Waals surface area contributed by atoms with Crippen molar-refractivity contribution in [2.75, 3.05) is 32.9 Å². The zero-order valence-electron chi connectivity index (χ0n) is 20.7. The molecule has 3 rings (SSSR count). The third kappa shape index (κ3) is 8.26. The molecule has 1 fully saturated rings. The summed E-state index contributed by atoms with van der Waals surface area (Å²) < 4.78 is 51.9. The summed E-state index contributed by atoms with van der Waals surface area (Å²) in [5, 5.41) is 13.9. The third-order valence-electron chi connectivity index (χ3n) is 5.95. The number of nitrogens with zero attached hydrogens (tertiary/aromatic N) is 1. The molecule has 0 spiro atoms. The Kier molecular flexibility index (Phi) is 10.2. The predicted octanol–water partition coefficient (Wildman–Crippen LogP) is 3.21. The highest BCUT2D eigenvalue weighted by Gasteiger charge is 2.32. The van der Waals surface area contributed by atoms with Crippen molar-refractivity contribution in [1.82, 2.24) is 9.62 Å². The lowest BCUT2D eigenvalue weighted by Crippen LogP contribution is -2.51. The number of carbonyl (C=O) groups is 1. The minimum absolute atomic E-state index is 0.0356. The lowest BCUT2D eigenvalue weighted by atomic mass is 10.0. The number of alkyl carbamates (subject to hydrolysis) is 1. The predicted molar refractivity (Wildman–Crippen MR) is 133 cm³/mol. The van der Waals surface area contributed by atoms with E-state index in [2.05, 4.69) is 5.32 Å². The number of halogens is 1. The van der Waals surface area contributed by atoms with Crippen LogP contribution in [0.25, 0.3) is 0 Å². The molecule has 2 aromatic rings. The Bertz CT molecular complexity index is 1060. The maximum atomic E-state index is 13.4. The van der Waals surface area contributed by atoms with Crippen molar-refractivity contribution in [3.63, 3.8) is 0 Å². The van der Waals surface area contributed by atoms with Crippen molar-refractivity contribution in [2.45, 2.75) is 43.7 Å². The number of nitrogens with one attached hydrogen (secondary N) is 1. The lowest BCUT2D eigenvalue weighted by Gasteiger charge is -2.30. The molecular formula is C26H35FN2O6S. The van der Waals surface area contributed by atoms with Gasteiger partial charge in [-0.15, -0.1) is 0 Å². The number of aliphatic hydroxyl groups excluding tert-OH is 1. The first-order valence-corrected chi connectivity index (χ1v) is 13.6. The minimum atomic E-state index is -4.02. The molecule has 2 aromatic carbocycles. The van der Waals surface area contributed by atoms with Crippen molar-refractivity contribution in [3.05, 3.63) is 66.0 Å². The smallest absolute Gasteiger partial charge is 0.407 e. The van der Waals surface area contributed by atoms with Crippen LogP contribution in [-0.2, 0) is 25.9 Å². The quantitative estimate of drug-likeness (QED) is 0.444. The molecule has 1 aliphatic rings. The van der Waals surface area contributed by atoms with Crippen molar-refractivity contribution in [1.29, 1.82) is 0 Å². The summed E-state index contributed by atoms with van der Waals surface area (Å²) in [5.74, 6) is -0.443. The molecule has 1 unspecified atom stereocenters. The number of hydrogen-bond donors (Lipinski definition) is 2. The maximum absolute atomic E-state index is 13.4. The second-order valence-corrected chi connectivity index (χ2v) is 11.4. The molecule has 0 aliphatic carbocycles. The van der Waals surface area contributed by atoms with Gasteiger partial charge in [0.1, 0.15) is 5.82 Å². The Morgan fingerprint density at radius 2 is 1.86 bits per heavy atom. The molecule has 10 heteroatoms. The largest absolute Gasteiger partial charge is 0.449 e. The minimum Gasteiger partial charge on any atom is -0.449 e. The van der Waals surface area contributed by atoms with Crippen LogP contribution in [0.4, 0.5) is 9.18 Å². The molecule has 36 heavy (non-hydrogen) atoms. The highest BCUT2D eigenvalue weighted by molar-refractivity contribution is 7.89. The summed E-state index contributed by atoms with van der Waals surface area (Å²) in [7, 11) is -4.02. The molecule has 0 aromatic heterocycles. The maximum Gasteiger partial charge on any atom is 0.407 e. The van der Waals surface area contributed by atoms with Gasteiger partial charge >= 0.3 is 6.09 Å². The summed E-state index contributed by atoms with van der Waals surface area (Å²) in [6, 6.07) is 13.1. The topological polar surface area (TPSA) is 105 Å². The standard InChI is InChI=1S/C26H35FN2O6S/c1-19(2)15-29(36(32,33)23-10-8-22(27)9-11-23)16-25(30)24(14-20-6-4-3-5-7-20)28-26(31)35-18-21-12-13-34-17-21/h3-11,19,21,24-25,30H,12-18H2,1-2H3,(H,28,31)/t21?,24-,25+/m0/s1. The van der Waals surface area contributed by atoms with E-state index in [0.717, 1.165) is 24.1 Å². The number of sulfonamides is 1. The number of amides is 1. The van der Waals surface area contributed by atoms with Crippen LogP contribution in [0.2, 0.25) is 0 Å². The van der Waals surface area contributed by atoms with E-state index in [1.807, 2.05) is 44.2 Å². The van der Waals surface area contributed by atoms with Gasteiger partial charge in [0.05, 0.1) is 30.3 Å². The molecule has 198 valence electrons. The fraction of sp³-hybridized carbons (Fsp3) is 0.500. The van der Waals surface area contributed by atoms with E-state index in [0.29, 0.717) is 13.2 Å². The van der Waals surface area contributed by atoms with Gasteiger partial charge < -0.3 is 19.9 Å². The van der Waals surface area contributed by atoms with Crippen LogP contribution in [-0.4, -0.2) is 69.0 Å². The number of carbonyl (C=O) groups excluding carboxylic acids is 1. The average Bonchev–Trinajstić information content (AvgIpc) is 3.36. The van der Waals surface area contributed by atoms with Crippen molar-refractivity contribution < 1.29 is 32.2 Å². The molecule has 0 bridgehead atoms. The van der Waals surface area contributed by atoms with Gasteiger partial charge in [0.25, 0.3) is 0 Å². The van der Waals surface area contributed by atoms with Crippen LogP contribution >= 0.6 is 0 Å². The molecule has 0 saturated carbocycles. The second-order valence-electron chi connectivity index (χ2n) is 9.51. The monoisotopic (exact) mass is 522 g/mol. The summed E-state index contributed by atoms with van der Waals surface area (Å²) in [6.45, 7) is 4.99. The molecule has 0 radical (unpaired) electrons. The van der Waals surface area contributed by atoms with Crippen LogP contribution < -0.4 is 5.32 Å². The normalized spacial score (nSPS) is 17.8. The summed E-state index contributed by atoms with van der Waals surface area (Å²) in [6.07, 6.45) is -0.829. The highest BCUT2D eigenvalue weighted by Crippen LogP contribution is 2.20. The van der Waals surface area contributed by atoms with E-state index in [-0.39, 0.29) is 42.8 Å². The van der Waals surface area contributed by atoms with Gasteiger partial charge in [0.2, 0.25) is 10.0 Å². The third-order valence-corrected chi connectivity index (χ3v) is 7.80. The van der Waals surface area contributed by atoms with Crippen molar-refractivity contribution in [3.8, 4) is 0 Å². The first-order chi connectivity index (χ1) is 17.1. The molecule has 1 saturated heterocycles. The number of hydrogen-bond acceptors (Lipinski definition) is 6. The number of aliphatic hydroxyl groups is 1. The molecule has 1 aliphatic heterocycles. The Morgan fingerprint density at radius 3 is 2.47 bits per heavy atom. The Hall–Kier alpha value is -2.53. The first kappa shape index (κ1) is 28.0. The van der Waals surface area contributed by atoms with Gasteiger partial charge in [-0.05, 0) is 48.6 Å². The van der Waals surface area contributed by atoms with Gasteiger partial charge in [-0.25, -0.2) is 17.6 Å². The number of benzene rings is 2. The average molecular weight is 523 g/mol. The Labute approximate surface area is 212 Å². The molecule has 1 amide bonds. The fourth-order valence-corrected chi connectivity index (χ4v) is 5.64. The van der Waals surface area contributed by atoms with E-state index in [1.165, 1.54) is 16.4 Å². The van der Waals surface area contributed by atoms with Crippen LogP contribution in [0, 0.1) is 17.7 Å². The molecular weight excluding hydrogens is 487 g/mol. The van der Waals surface area contributed by atoms with E-state index < -0.39 is 34.1 Å². The number of ether oxygens (including phenoxy) is 2. The summed E-state index contributed by atoms with van der Waals surface area (Å²) in [5.41, 5.74) is 0.864. The van der Waals surface area contributed by atoms with E-state index in [9.17, 15) is 22.7 Å². The van der Waals surface area contributed by atoms with Crippen LogP contribution in [0.1, 0.15) is 25.8 Å². The van der Waals surface area contributed by atoms with Gasteiger partial charge in [-0.1, -0.05) is 44.2 Å². The summed E-state index contributed by atoms with van der Waals surface area (Å²) in [4.78, 5) is 12.5. The second kappa shape index (κ2) is 13.1. The molecule has 8 nitrogen and oxygen atoms in total. The Balaban J connectivity index is 1.76. The van der Waals surface area contributed by atoms with Crippen LogP contribution in [0.3, 0.4) is 0 Å². The Morgan fingerprint density at radius 1 is 1.17 bits per heavy atom. The molecule has 3 atom stereocenters. The SMILES string of the molecule is CC(C)CN(C[C@@H](O)[C@H](Cc1ccccc1)NC(=O)OCC1CCOC1)S(=O)(=O)c1ccc(F)cc1. The van der Waals surface area contributed by atoms with Crippen LogP contribution in [0.5, 0.6) is 0 Å². The van der Waals surface area contributed by atoms with Gasteiger partial charge in [-0.3, -0.25) is 0 Å². The summed E-state index contributed by atoms with van der Waals surface area (Å²) >= 11 is 0. The lowest BCUT2D eigenvalue weighted by molar-refractivity contribution is 0.0822. The molecule has 1 heterocycles. The van der Waals surface area contributed by atoms with E-state index in [4.69, 9.17) is 9.47 Å². The fourth-order valence-electron chi connectivity index (χ4n) is 4.02. The van der Waals surface area contributed by atoms with E-state index >= 15 is 0 Å². The van der Waals surface area contributed by atoms with E-state index in [1.54, 1.807) is 0 Å². The molecule has 2 N–H and O–H groups in total. The van der Waals surface area contributed by atoms with Crippen LogP contribution in [0.15, 0.2) is 59.5 Å². The first-order valence-electron chi connectivity index (χ1n) is 12.1. The zero-order chi connectivity index (χ0) is 26.1. The van der Waals surface area contributed by atoms with Gasteiger partial charge in [0, 0.05) is 25.6 Å². The number of rotatable bonds is 12. The van der Waals surface area contributed by atoms with Gasteiger partial charge in [0.15, 0.2) is 0 Å². The van der Waals surface area contributed by atoms with Crippen molar-refractivity contribution in [2.24, 2.45) is 11.8 Å². The zero-order valence-corrected chi connectivity index (χ0v) is 21.5. The van der Waals surface area contributed by atoms with Crippen molar-refractivity contribution >= 4 is 16.1 Å². The van der Waals surface area contributed by atoms with Gasteiger partial charge in [-0.2, -0.15) is 4.31 Å².